The van der Waals surface area contributed by atoms with Crippen LogP contribution < -0.4 is 9.30 Å². The first-order valence-corrected chi connectivity index (χ1v) is 25.3. The molecule has 73 heavy (non-hydrogen) atoms. The third-order valence-electron chi connectivity index (χ3n) is 15.0. The molecule has 3 heterocycles. The summed E-state index contributed by atoms with van der Waals surface area (Å²) in [6.07, 6.45) is 8.01. The molecule has 0 radical (unpaired) electrons. The van der Waals surface area contributed by atoms with Gasteiger partial charge in [0.2, 0.25) is 0 Å². The first-order valence-electron chi connectivity index (χ1n) is 25.3. The molecule has 0 amide bonds. The zero-order valence-corrected chi connectivity index (χ0v) is 46.6. The van der Waals surface area contributed by atoms with E-state index in [2.05, 4.69) is 285 Å². The second-order valence-corrected chi connectivity index (χ2v) is 23.1. The summed E-state index contributed by atoms with van der Waals surface area (Å²) in [5.74, 6) is 2.02. The molecule has 10 rings (SSSR count). The van der Waals surface area contributed by atoms with Gasteiger partial charge in [0.15, 0.2) is 0 Å². The Hall–Kier alpha value is -6.81. The fourth-order valence-electron chi connectivity index (χ4n) is 10.1. The Balaban J connectivity index is 0.00000656. The van der Waals surface area contributed by atoms with E-state index in [-0.39, 0.29) is 42.7 Å². The van der Waals surface area contributed by atoms with Crippen LogP contribution in [0.5, 0.6) is 11.5 Å². The van der Waals surface area contributed by atoms with E-state index in [0.717, 1.165) is 50.3 Å². The van der Waals surface area contributed by atoms with Crippen LogP contribution in [0, 0.1) is 18.5 Å². The molecule has 0 unspecified atom stereocenters. The van der Waals surface area contributed by atoms with E-state index >= 15 is 0 Å². The van der Waals surface area contributed by atoms with Crippen molar-refractivity contribution in [3.63, 3.8) is 0 Å². The molecule has 0 atom stereocenters. The molecule has 5 nitrogen and oxygen atoms in total. The Bertz CT molecular complexity index is 3520. The van der Waals surface area contributed by atoms with Crippen LogP contribution in [-0.2, 0) is 48.1 Å². The van der Waals surface area contributed by atoms with E-state index in [4.69, 9.17) is 9.72 Å². The first kappa shape index (κ1) is 51.1. The molecule has 0 bridgehead atoms. The maximum Gasteiger partial charge on any atom is 0.267 e. The van der Waals surface area contributed by atoms with Gasteiger partial charge in [-0.25, -0.2) is 4.98 Å². The average molecular weight is 1140 g/mol. The van der Waals surface area contributed by atoms with Gasteiger partial charge in [-0.3, -0.25) is 4.57 Å². The number of ether oxygens (including phenoxy) is 1. The molecule has 0 fully saturated rings. The molecule has 0 aliphatic carbocycles. The molecular formula is C67H66N4OPt-2. The molecule has 0 saturated heterocycles. The predicted molar refractivity (Wildman–Crippen MR) is 296 cm³/mol. The smallest absolute Gasteiger partial charge is 0.267 e. The van der Waals surface area contributed by atoms with Crippen LogP contribution in [0.15, 0.2) is 182 Å². The summed E-state index contributed by atoms with van der Waals surface area (Å²) < 4.78 is 13.6. The fourth-order valence-corrected chi connectivity index (χ4v) is 10.1. The number of hydrogen-bond acceptors (Lipinski definition) is 2. The van der Waals surface area contributed by atoms with Crippen molar-refractivity contribution >= 4 is 21.8 Å². The molecule has 0 saturated carbocycles. The van der Waals surface area contributed by atoms with Crippen molar-refractivity contribution < 1.29 is 30.4 Å². The monoisotopic (exact) mass is 1140 g/mol. The summed E-state index contributed by atoms with van der Waals surface area (Å²) >= 11 is 0. The Morgan fingerprint density at radius 1 is 0.466 bits per heavy atom. The number of para-hydroxylation sites is 1. The van der Waals surface area contributed by atoms with Gasteiger partial charge in [-0.05, 0) is 91.0 Å². The fraction of sp³-hybridized carbons (Fsp3) is 0.254. The van der Waals surface area contributed by atoms with Crippen molar-refractivity contribution in [1.82, 2.24) is 14.1 Å². The van der Waals surface area contributed by atoms with Gasteiger partial charge in [0.25, 0.3) is 6.33 Å². The van der Waals surface area contributed by atoms with Gasteiger partial charge in [-0.15, -0.1) is 35.2 Å². The first-order chi connectivity index (χ1) is 34.2. The topological polar surface area (TPSA) is 35.9 Å². The molecule has 6 heteroatoms. The Morgan fingerprint density at radius 2 is 1.00 bits per heavy atom. The van der Waals surface area contributed by atoms with Crippen molar-refractivity contribution in [2.24, 2.45) is 0 Å². The van der Waals surface area contributed by atoms with Gasteiger partial charge in [-0.1, -0.05) is 204 Å². The Morgan fingerprint density at radius 3 is 1.55 bits per heavy atom. The minimum absolute atomic E-state index is 0. The summed E-state index contributed by atoms with van der Waals surface area (Å²) in [5.41, 5.74) is 12.2. The second-order valence-electron chi connectivity index (χ2n) is 23.1. The van der Waals surface area contributed by atoms with E-state index in [0.29, 0.717) is 11.5 Å². The zero-order chi connectivity index (χ0) is 50.8. The summed E-state index contributed by atoms with van der Waals surface area (Å²) in [6.45, 7) is 27.4. The second kappa shape index (κ2) is 19.2. The van der Waals surface area contributed by atoms with Crippen molar-refractivity contribution in [1.29, 1.82) is 0 Å². The largest absolute Gasteiger partial charge is 0.510 e. The SMILES string of the molecule is CC(C)(C)c1ccnc(-n2c3[c-]c(Oc4[c-]c(-n5[c-][n+](-c6cc(C(C)(C)c7ccccc7)cc(C(C)(C)c7ccccc7)c6)c(C(C)(C)C)c5)cc(C(C)(C)c5ccccc5)c4)ccc3c3ccccc32)c1.[Pt]. The molecule has 10 aromatic rings. The maximum atomic E-state index is 6.99. The van der Waals surface area contributed by atoms with Crippen LogP contribution >= 0.6 is 0 Å². The van der Waals surface area contributed by atoms with Crippen LogP contribution in [-0.4, -0.2) is 14.1 Å². The van der Waals surface area contributed by atoms with E-state index in [1.165, 1.54) is 33.4 Å². The van der Waals surface area contributed by atoms with Gasteiger partial charge in [-0.2, -0.15) is 12.1 Å². The molecule has 3 aromatic heterocycles. The van der Waals surface area contributed by atoms with Crippen LogP contribution in [0.4, 0.5) is 0 Å². The third-order valence-corrected chi connectivity index (χ3v) is 15.0. The number of benzene rings is 7. The molecule has 0 aliphatic heterocycles. The average Bonchev–Trinajstić information content (AvgIpc) is 3.98. The number of imidazole rings is 1. The Labute approximate surface area is 447 Å². The van der Waals surface area contributed by atoms with Crippen LogP contribution in [0.3, 0.4) is 0 Å². The van der Waals surface area contributed by atoms with Crippen molar-refractivity contribution in [3.05, 3.63) is 245 Å². The number of aromatic nitrogens is 4. The van der Waals surface area contributed by atoms with Crippen molar-refractivity contribution in [2.45, 2.75) is 110 Å². The number of fused-ring (bicyclic) bond motifs is 3. The quantitative estimate of drug-likeness (QED) is 0.0956. The van der Waals surface area contributed by atoms with Crippen molar-refractivity contribution in [3.8, 4) is 28.7 Å². The number of rotatable bonds is 11. The molecule has 0 N–H and O–H groups in total. The molecule has 372 valence electrons. The summed E-state index contributed by atoms with van der Waals surface area (Å²) in [4.78, 5) is 4.92. The van der Waals surface area contributed by atoms with Crippen LogP contribution in [0.25, 0.3) is 39.0 Å². The van der Waals surface area contributed by atoms with E-state index < -0.39 is 5.41 Å². The minimum Gasteiger partial charge on any atom is -0.510 e. The Kier molecular flexibility index (Phi) is 13.5. The summed E-state index contributed by atoms with van der Waals surface area (Å²) in [5, 5.41) is 2.21. The predicted octanol–water partition coefficient (Wildman–Crippen LogP) is 16.0. The minimum atomic E-state index is -0.391. The molecule has 0 spiro atoms. The number of hydrogen-bond donors (Lipinski definition) is 0. The molecule has 7 aromatic carbocycles. The van der Waals surface area contributed by atoms with E-state index in [1.807, 2.05) is 12.3 Å². The van der Waals surface area contributed by atoms with Gasteiger partial charge < -0.3 is 13.9 Å². The maximum absolute atomic E-state index is 6.99. The number of nitrogens with zero attached hydrogens (tertiary/aromatic N) is 4. The van der Waals surface area contributed by atoms with Gasteiger partial charge in [0, 0.05) is 61.3 Å². The van der Waals surface area contributed by atoms with Crippen LogP contribution in [0.2, 0.25) is 0 Å². The van der Waals surface area contributed by atoms with Crippen molar-refractivity contribution in [2.75, 3.05) is 0 Å². The van der Waals surface area contributed by atoms with Gasteiger partial charge in [0.05, 0.1) is 11.4 Å². The van der Waals surface area contributed by atoms with Gasteiger partial charge in [0.1, 0.15) is 5.82 Å². The zero-order valence-electron chi connectivity index (χ0n) is 44.3. The normalized spacial score (nSPS) is 12.5. The van der Waals surface area contributed by atoms with E-state index in [9.17, 15) is 0 Å². The van der Waals surface area contributed by atoms with Gasteiger partial charge >= 0.3 is 0 Å². The summed E-state index contributed by atoms with van der Waals surface area (Å²) in [6, 6.07) is 68.3. The standard InChI is InChI=1S/C67H66N4O.Pt/c1-63(2,3)49-34-35-68-62(41-49)71-59-31-23-22-30-57(59)58-33-32-55(43-60(58)71)72-56-40-52(67(11,12)48-28-20-15-21-29-48)37-53(42-56)69-44-61(64(4,5)6)70(45-69)54-38-50(65(7,8)46-24-16-13-17-25-46)36-51(39-54)66(9,10)47-26-18-14-19-27-47;/h13-41,44H,1-12H3;/q-2;. The van der Waals surface area contributed by atoms with Crippen LogP contribution in [0.1, 0.15) is 128 Å². The third kappa shape index (κ3) is 9.77. The number of pyridine rings is 1. The molecular weight excluding hydrogens is 1070 g/mol. The van der Waals surface area contributed by atoms with E-state index in [1.54, 1.807) is 0 Å². The summed E-state index contributed by atoms with van der Waals surface area (Å²) in [7, 11) is 0. The molecule has 0 aliphatic rings.